The molecule has 4 atom stereocenters. The van der Waals surface area contributed by atoms with Crippen LogP contribution >= 0.6 is 0 Å². The van der Waals surface area contributed by atoms with E-state index in [-0.39, 0.29) is 13.2 Å². The molecule has 0 saturated carbocycles. The lowest BCUT2D eigenvalue weighted by Gasteiger charge is -2.36. The van der Waals surface area contributed by atoms with Crippen LogP contribution in [0.1, 0.15) is 103 Å². The molecule has 0 amide bonds. The van der Waals surface area contributed by atoms with Crippen LogP contribution in [0.15, 0.2) is 12.2 Å². The second kappa shape index (κ2) is 19.2. The van der Waals surface area contributed by atoms with Gasteiger partial charge in [-0.1, -0.05) is 83.3 Å². The van der Waals surface area contributed by atoms with Gasteiger partial charge in [-0.15, -0.1) is 0 Å². The van der Waals surface area contributed by atoms with Gasteiger partial charge in [-0.3, -0.25) is 0 Å². The minimum atomic E-state index is -1.09. The van der Waals surface area contributed by atoms with Crippen molar-refractivity contribution in [2.45, 2.75) is 128 Å². The molecule has 0 bridgehead atoms. The first-order valence-corrected chi connectivity index (χ1v) is 12.6. The summed E-state index contributed by atoms with van der Waals surface area (Å²) in [6.45, 7) is 2.76. The summed E-state index contributed by atoms with van der Waals surface area (Å²) in [5, 5.41) is 28.9. The van der Waals surface area contributed by atoms with Crippen molar-refractivity contribution < 1.29 is 24.8 Å². The molecule has 1 saturated heterocycles. The van der Waals surface area contributed by atoms with E-state index in [4.69, 9.17) is 14.6 Å². The highest BCUT2D eigenvalue weighted by Crippen LogP contribution is 2.18. The molecule has 30 heavy (non-hydrogen) atoms. The van der Waals surface area contributed by atoms with E-state index in [2.05, 4.69) is 19.1 Å². The Morgan fingerprint density at radius 3 is 1.87 bits per heavy atom. The van der Waals surface area contributed by atoms with Gasteiger partial charge in [0, 0.05) is 6.61 Å². The molecule has 0 aromatic heterocycles. The Labute approximate surface area is 184 Å². The van der Waals surface area contributed by atoms with Crippen LogP contribution in [-0.4, -0.2) is 59.6 Å². The Kier molecular flexibility index (Phi) is 17.7. The van der Waals surface area contributed by atoms with Gasteiger partial charge in [0.2, 0.25) is 0 Å². The van der Waals surface area contributed by atoms with E-state index in [1.54, 1.807) is 0 Å². The Morgan fingerprint density at radius 1 is 0.767 bits per heavy atom. The van der Waals surface area contributed by atoms with Crippen LogP contribution in [0.2, 0.25) is 0 Å². The molecule has 0 aromatic carbocycles. The van der Waals surface area contributed by atoms with Gasteiger partial charge in [0.1, 0.15) is 24.4 Å². The fourth-order valence-electron chi connectivity index (χ4n) is 3.92. The molecule has 0 spiro atoms. The van der Waals surface area contributed by atoms with Gasteiger partial charge in [-0.2, -0.15) is 0 Å². The van der Waals surface area contributed by atoms with Gasteiger partial charge >= 0.3 is 0 Å². The van der Waals surface area contributed by atoms with Crippen molar-refractivity contribution in [2.75, 3.05) is 19.8 Å². The molecule has 5 nitrogen and oxygen atoms in total. The number of hydrogen-bond acceptors (Lipinski definition) is 5. The monoisotopic (exact) mass is 428 g/mol. The van der Waals surface area contributed by atoms with Crippen molar-refractivity contribution in [3.63, 3.8) is 0 Å². The Bertz CT molecular complexity index is 401. The van der Waals surface area contributed by atoms with Gasteiger partial charge in [0.05, 0.1) is 13.2 Å². The van der Waals surface area contributed by atoms with Crippen molar-refractivity contribution in [3.8, 4) is 0 Å². The first kappa shape index (κ1) is 27.6. The second-order valence-corrected chi connectivity index (χ2v) is 8.74. The summed E-state index contributed by atoms with van der Waals surface area (Å²) >= 11 is 0. The molecule has 1 aliphatic rings. The highest BCUT2D eigenvalue weighted by atomic mass is 16.6. The van der Waals surface area contributed by atoms with E-state index in [1.807, 2.05) is 0 Å². The summed E-state index contributed by atoms with van der Waals surface area (Å²) < 4.78 is 11.0. The Balaban J connectivity index is 1.83. The van der Waals surface area contributed by atoms with Crippen molar-refractivity contribution >= 4 is 0 Å². The summed E-state index contributed by atoms with van der Waals surface area (Å²) in [5.41, 5.74) is 0. The zero-order chi connectivity index (χ0) is 21.9. The fraction of sp³-hybridized carbons (Fsp3) is 0.920. The van der Waals surface area contributed by atoms with Crippen molar-refractivity contribution in [3.05, 3.63) is 12.2 Å². The smallest absolute Gasteiger partial charge is 0.111 e. The average Bonchev–Trinajstić information content (AvgIpc) is 2.75. The molecular formula is C25H48O5. The average molecular weight is 429 g/mol. The number of aliphatic hydroxyl groups excluding tert-OH is 3. The van der Waals surface area contributed by atoms with Crippen LogP contribution in [0.25, 0.3) is 0 Å². The van der Waals surface area contributed by atoms with Crippen LogP contribution in [0.5, 0.6) is 0 Å². The third-order valence-corrected chi connectivity index (χ3v) is 6.00. The van der Waals surface area contributed by atoms with Gasteiger partial charge in [-0.25, -0.2) is 0 Å². The Hall–Kier alpha value is -0.460. The number of unbranched alkanes of at least 4 members (excludes halogenated alkanes) is 13. The maximum atomic E-state index is 10.0. The highest BCUT2D eigenvalue weighted by Gasteiger charge is 2.38. The maximum Gasteiger partial charge on any atom is 0.111 e. The molecule has 178 valence electrons. The minimum absolute atomic E-state index is 0.215. The molecule has 0 radical (unpaired) electrons. The lowest BCUT2D eigenvalue weighted by atomic mass is 10.0. The predicted octanol–water partition coefficient (Wildman–Crippen LogP) is 4.91. The number of aliphatic hydroxyl groups is 3. The summed E-state index contributed by atoms with van der Waals surface area (Å²) in [5.74, 6) is 0. The first-order valence-electron chi connectivity index (χ1n) is 12.6. The maximum absolute atomic E-state index is 10.0. The largest absolute Gasteiger partial charge is 0.394 e. The number of ether oxygens (including phenoxy) is 2. The third kappa shape index (κ3) is 13.1. The molecule has 1 rings (SSSR count). The molecule has 1 fully saturated rings. The van der Waals surface area contributed by atoms with Crippen LogP contribution in [-0.2, 0) is 9.47 Å². The van der Waals surface area contributed by atoms with Gasteiger partial charge < -0.3 is 24.8 Å². The molecule has 0 aromatic rings. The van der Waals surface area contributed by atoms with Gasteiger partial charge in [0.25, 0.3) is 0 Å². The highest BCUT2D eigenvalue weighted by molar-refractivity contribution is 4.87. The van der Waals surface area contributed by atoms with Crippen molar-refractivity contribution in [1.29, 1.82) is 0 Å². The zero-order valence-corrected chi connectivity index (χ0v) is 19.4. The topological polar surface area (TPSA) is 79.2 Å². The SMILES string of the molecule is CCCCCCCCCCC/C=C/CCCCCCO[C@@H]1CO[C@@H](CO)[C@H](O)[C@H]1O. The summed E-state index contributed by atoms with van der Waals surface area (Å²) in [4.78, 5) is 0. The molecule has 5 heteroatoms. The lowest BCUT2D eigenvalue weighted by molar-refractivity contribution is -0.208. The van der Waals surface area contributed by atoms with Gasteiger partial charge in [0.15, 0.2) is 0 Å². The summed E-state index contributed by atoms with van der Waals surface area (Å²) in [6, 6.07) is 0. The van der Waals surface area contributed by atoms with Crippen LogP contribution < -0.4 is 0 Å². The van der Waals surface area contributed by atoms with Crippen LogP contribution in [0.4, 0.5) is 0 Å². The molecular weight excluding hydrogens is 380 g/mol. The lowest BCUT2D eigenvalue weighted by Crippen LogP contribution is -2.55. The van der Waals surface area contributed by atoms with Crippen LogP contribution in [0.3, 0.4) is 0 Å². The summed E-state index contributed by atoms with van der Waals surface area (Å²) in [6.07, 6.45) is 20.7. The van der Waals surface area contributed by atoms with E-state index in [0.29, 0.717) is 6.61 Å². The molecule has 0 unspecified atom stereocenters. The Morgan fingerprint density at radius 2 is 1.30 bits per heavy atom. The van der Waals surface area contributed by atoms with Crippen LogP contribution in [0, 0.1) is 0 Å². The molecule has 0 aliphatic carbocycles. The van der Waals surface area contributed by atoms with Crippen molar-refractivity contribution in [2.24, 2.45) is 0 Å². The molecule has 1 aliphatic heterocycles. The van der Waals surface area contributed by atoms with E-state index < -0.39 is 24.4 Å². The number of allylic oxidation sites excluding steroid dienone is 2. The minimum Gasteiger partial charge on any atom is -0.394 e. The normalized spacial score (nSPS) is 24.7. The third-order valence-electron chi connectivity index (χ3n) is 6.00. The van der Waals surface area contributed by atoms with Crippen molar-refractivity contribution in [1.82, 2.24) is 0 Å². The molecule has 3 N–H and O–H groups in total. The van der Waals surface area contributed by atoms with E-state index in [0.717, 1.165) is 19.3 Å². The quantitative estimate of drug-likeness (QED) is 0.201. The van der Waals surface area contributed by atoms with E-state index in [1.165, 1.54) is 77.0 Å². The van der Waals surface area contributed by atoms with E-state index in [9.17, 15) is 10.2 Å². The first-order chi connectivity index (χ1) is 14.7. The number of rotatable bonds is 19. The van der Waals surface area contributed by atoms with E-state index >= 15 is 0 Å². The number of hydrogen-bond donors (Lipinski definition) is 3. The van der Waals surface area contributed by atoms with Gasteiger partial charge in [-0.05, 0) is 32.1 Å². The summed E-state index contributed by atoms with van der Waals surface area (Å²) in [7, 11) is 0. The molecule has 1 heterocycles. The fourth-order valence-corrected chi connectivity index (χ4v) is 3.92. The second-order valence-electron chi connectivity index (χ2n) is 8.74. The zero-order valence-electron chi connectivity index (χ0n) is 19.4. The predicted molar refractivity (Wildman–Crippen MR) is 123 cm³/mol. The standard InChI is InChI=1S/C25H48O5/c1-2-3-4-5-6-7-8-9-10-11-12-13-14-15-16-17-18-19-29-23-21-30-22(20-26)24(27)25(23)28/h12-13,22-28H,2-11,14-21H2,1H3/b13-12+/t22-,23+,24-,25-/m0/s1.